The molecular weight excluding hydrogens is 247 g/mol. The van der Waals surface area contributed by atoms with Crippen molar-refractivity contribution in [2.75, 3.05) is 6.61 Å². The Bertz CT molecular complexity index is 368. The van der Waals surface area contributed by atoms with E-state index in [-0.39, 0.29) is 12.2 Å². The van der Waals surface area contributed by atoms with E-state index >= 15 is 0 Å². The van der Waals surface area contributed by atoms with Gasteiger partial charge < -0.3 is 9.47 Å². The summed E-state index contributed by atoms with van der Waals surface area (Å²) in [5, 5.41) is 1.03. The summed E-state index contributed by atoms with van der Waals surface area (Å²) in [6.07, 6.45) is 2.59. The quantitative estimate of drug-likeness (QED) is 0.593. The standard InChI is InChI=1S/C12H12Cl2O2/c1-2-4-10(11-7-15-11)16-12-8(13)5-3-6-9(12)14/h2-3,5-6,10-11H,1,4,7H2. The van der Waals surface area contributed by atoms with Gasteiger partial charge in [0.25, 0.3) is 0 Å². The number of para-hydroxylation sites is 1. The molecule has 1 aliphatic rings. The van der Waals surface area contributed by atoms with Gasteiger partial charge in [0.05, 0.1) is 16.7 Å². The predicted octanol–water partition coefficient (Wildman–Crippen LogP) is 3.72. The number of epoxide rings is 1. The maximum atomic E-state index is 6.02. The van der Waals surface area contributed by atoms with Gasteiger partial charge in [-0.2, -0.15) is 0 Å². The van der Waals surface area contributed by atoms with Crippen LogP contribution in [0.5, 0.6) is 5.75 Å². The van der Waals surface area contributed by atoms with Gasteiger partial charge in [-0.1, -0.05) is 35.3 Å². The molecule has 1 saturated heterocycles. The zero-order valence-electron chi connectivity index (χ0n) is 8.66. The molecule has 1 heterocycles. The molecule has 0 aromatic heterocycles. The summed E-state index contributed by atoms with van der Waals surface area (Å²) >= 11 is 12.0. The lowest BCUT2D eigenvalue weighted by molar-refractivity contribution is 0.162. The minimum absolute atomic E-state index is 0.0603. The lowest BCUT2D eigenvalue weighted by Crippen LogP contribution is -2.22. The van der Waals surface area contributed by atoms with Crippen LogP contribution in [0.15, 0.2) is 30.9 Å². The molecule has 2 rings (SSSR count). The summed E-state index contributed by atoms with van der Waals surface area (Å²) in [6.45, 7) is 4.42. The Morgan fingerprint density at radius 2 is 2.12 bits per heavy atom. The number of benzene rings is 1. The van der Waals surface area contributed by atoms with E-state index in [0.717, 1.165) is 6.61 Å². The van der Waals surface area contributed by atoms with Gasteiger partial charge in [0.15, 0.2) is 5.75 Å². The second-order valence-corrected chi connectivity index (χ2v) is 4.42. The van der Waals surface area contributed by atoms with Gasteiger partial charge in [-0.15, -0.1) is 6.58 Å². The van der Waals surface area contributed by atoms with Crippen molar-refractivity contribution >= 4 is 23.2 Å². The maximum absolute atomic E-state index is 6.02. The van der Waals surface area contributed by atoms with Crippen LogP contribution in [0.1, 0.15) is 6.42 Å². The minimum Gasteiger partial charge on any atom is -0.484 e. The zero-order valence-corrected chi connectivity index (χ0v) is 10.2. The van der Waals surface area contributed by atoms with Crippen molar-refractivity contribution in [2.24, 2.45) is 0 Å². The topological polar surface area (TPSA) is 21.8 Å². The Morgan fingerprint density at radius 1 is 1.50 bits per heavy atom. The molecule has 1 aromatic carbocycles. The second kappa shape index (κ2) is 5.09. The molecule has 1 fully saturated rings. The molecule has 0 saturated carbocycles. The highest BCUT2D eigenvalue weighted by Crippen LogP contribution is 2.35. The number of rotatable bonds is 5. The molecule has 2 atom stereocenters. The zero-order chi connectivity index (χ0) is 11.5. The smallest absolute Gasteiger partial charge is 0.157 e. The van der Waals surface area contributed by atoms with Crippen LogP contribution in [0.25, 0.3) is 0 Å². The molecule has 1 aromatic rings. The third-order valence-electron chi connectivity index (χ3n) is 2.36. The SMILES string of the molecule is C=CCC(Oc1c(Cl)cccc1Cl)C1CO1. The van der Waals surface area contributed by atoms with E-state index < -0.39 is 0 Å². The van der Waals surface area contributed by atoms with Crippen LogP contribution >= 0.6 is 23.2 Å². The average molecular weight is 259 g/mol. The Hall–Kier alpha value is -0.700. The summed E-state index contributed by atoms with van der Waals surface area (Å²) < 4.78 is 11.0. The fraction of sp³-hybridized carbons (Fsp3) is 0.333. The van der Waals surface area contributed by atoms with Crippen LogP contribution in [0.2, 0.25) is 10.0 Å². The fourth-order valence-corrected chi connectivity index (χ4v) is 1.94. The van der Waals surface area contributed by atoms with E-state index in [9.17, 15) is 0 Å². The first kappa shape index (κ1) is 11.8. The van der Waals surface area contributed by atoms with Crippen LogP contribution in [0.4, 0.5) is 0 Å². The second-order valence-electron chi connectivity index (χ2n) is 3.60. The molecule has 2 unspecified atom stereocenters. The van der Waals surface area contributed by atoms with E-state index in [4.69, 9.17) is 32.7 Å². The van der Waals surface area contributed by atoms with E-state index in [1.165, 1.54) is 0 Å². The third-order valence-corrected chi connectivity index (χ3v) is 2.96. The molecule has 0 amide bonds. The molecule has 2 nitrogen and oxygen atoms in total. The van der Waals surface area contributed by atoms with Gasteiger partial charge in [0.1, 0.15) is 12.2 Å². The molecule has 0 spiro atoms. The fourth-order valence-electron chi connectivity index (χ4n) is 1.46. The molecule has 4 heteroatoms. The van der Waals surface area contributed by atoms with Crippen LogP contribution < -0.4 is 4.74 Å². The Labute approximate surface area is 105 Å². The summed E-state index contributed by atoms with van der Waals surface area (Å²) in [4.78, 5) is 0. The summed E-state index contributed by atoms with van der Waals surface area (Å²) in [5.41, 5.74) is 0. The highest BCUT2D eigenvalue weighted by molar-refractivity contribution is 6.37. The van der Waals surface area contributed by atoms with Gasteiger partial charge in [-0.05, 0) is 12.1 Å². The van der Waals surface area contributed by atoms with E-state index in [0.29, 0.717) is 22.2 Å². The van der Waals surface area contributed by atoms with E-state index in [2.05, 4.69) is 6.58 Å². The molecule has 16 heavy (non-hydrogen) atoms. The summed E-state index contributed by atoms with van der Waals surface area (Å²) in [6, 6.07) is 5.29. The van der Waals surface area contributed by atoms with Gasteiger partial charge in [0, 0.05) is 6.42 Å². The summed E-state index contributed by atoms with van der Waals surface area (Å²) in [7, 11) is 0. The monoisotopic (exact) mass is 258 g/mol. The van der Waals surface area contributed by atoms with Crippen LogP contribution in [0, 0.1) is 0 Å². The highest BCUT2D eigenvalue weighted by Gasteiger charge is 2.34. The van der Waals surface area contributed by atoms with Gasteiger partial charge in [0.2, 0.25) is 0 Å². The lowest BCUT2D eigenvalue weighted by atomic mass is 10.2. The number of ether oxygens (including phenoxy) is 2. The van der Waals surface area contributed by atoms with E-state index in [1.807, 2.05) is 0 Å². The lowest BCUT2D eigenvalue weighted by Gasteiger charge is -2.17. The normalized spacial score (nSPS) is 20.2. The average Bonchev–Trinajstić information content (AvgIpc) is 3.06. The molecule has 1 aliphatic heterocycles. The Kier molecular flexibility index (Phi) is 3.74. The van der Waals surface area contributed by atoms with Crippen molar-refractivity contribution in [3.05, 3.63) is 40.9 Å². The van der Waals surface area contributed by atoms with Gasteiger partial charge in [-0.25, -0.2) is 0 Å². The van der Waals surface area contributed by atoms with Crippen molar-refractivity contribution < 1.29 is 9.47 Å². The largest absolute Gasteiger partial charge is 0.484 e. The van der Waals surface area contributed by atoms with Crippen LogP contribution in [-0.4, -0.2) is 18.8 Å². The van der Waals surface area contributed by atoms with Crippen molar-refractivity contribution in [3.8, 4) is 5.75 Å². The molecular formula is C12H12Cl2O2. The number of hydrogen-bond donors (Lipinski definition) is 0. The van der Waals surface area contributed by atoms with Crippen molar-refractivity contribution in [2.45, 2.75) is 18.6 Å². The van der Waals surface area contributed by atoms with Crippen molar-refractivity contribution in [3.63, 3.8) is 0 Å². The highest BCUT2D eigenvalue weighted by atomic mass is 35.5. The molecule has 0 bridgehead atoms. The van der Waals surface area contributed by atoms with Crippen molar-refractivity contribution in [1.82, 2.24) is 0 Å². The van der Waals surface area contributed by atoms with Gasteiger partial charge >= 0.3 is 0 Å². The molecule has 0 radical (unpaired) electrons. The molecule has 0 N–H and O–H groups in total. The first-order valence-electron chi connectivity index (χ1n) is 5.05. The Balaban J connectivity index is 2.14. The Morgan fingerprint density at radius 3 is 2.62 bits per heavy atom. The van der Waals surface area contributed by atoms with Gasteiger partial charge in [-0.3, -0.25) is 0 Å². The van der Waals surface area contributed by atoms with Crippen molar-refractivity contribution in [1.29, 1.82) is 0 Å². The number of hydrogen-bond acceptors (Lipinski definition) is 2. The summed E-state index contributed by atoms with van der Waals surface area (Å²) in [5.74, 6) is 0.521. The predicted molar refractivity (Wildman–Crippen MR) is 65.4 cm³/mol. The third kappa shape index (κ3) is 2.70. The minimum atomic E-state index is -0.0603. The first-order chi connectivity index (χ1) is 7.72. The van der Waals surface area contributed by atoms with Crippen LogP contribution in [0.3, 0.4) is 0 Å². The molecule has 86 valence electrons. The molecule has 0 aliphatic carbocycles. The van der Waals surface area contributed by atoms with E-state index in [1.54, 1.807) is 24.3 Å². The number of halogens is 2. The maximum Gasteiger partial charge on any atom is 0.157 e. The van der Waals surface area contributed by atoms with Crippen LogP contribution in [-0.2, 0) is 4.74 Å². The first-order valence-corrected chi connectivity index (χ1v) is 5.81.